The van der Waals surface area contributed by atoms with Gasteiger partial charge in [-0.2, -0.15) is 36.9 Å². The third-order valence-electron chi connectivity index (χ3n) is 4.18. The molecule has 1 saturated heterocycles. The molecule has 1 fully saturated rings. The molecule has 1 aliphatic rings. The van der Waals surface area contributed by atoms with Gasteiger partial charge in [0.25, 0.3) is 5.91 Å². The molecule has 9 nitrogen and oxygen atoms in total. The van der Waals surface area contributed by atoms with Gasteiger partial charge in [-0.3, -0.25) is 4.79 Å². The zero-order valence-corrected chi connectivity index (χ0v) is 15.8. The molecule has 31 heavy (non-hydrogen) atoms. The summed E-state index contributed by atoms with van der Waals surface area (Å²) in [6, 6.07) is 1.24. The van der Waals surface area contributed by atoms with Gasteiger partial charge in [-0.25, -0.2) is 0 Å². The van der Waals surface area contributed by atoms with E-state index >= 15 is 0 Å². The highest BCUT2D eigenvalue weighted by atomic mass is 19.4. The Kier molecular flexibility index (Phi) is 6.68. The summed E-state index contributed by atoms with van der Waals surface area (Å²) >= 11 is 0. The average Bonchev–Trinajstić information content (AvgIpc) is 2.71. The molecular weight excluding hydrogens is 431 g/mol. The maximum Gasteiger partial charge on any atom is 0.412 e. The van der Waals surface area contributed by atoms with Gasteiger partial charge >= 0.3 is 12.8 Å². The Balaban J connectivity index is 1.82. The third-order valence-corrected chi connectivity index (χ3v) is 4.18. The number of nitrogens with zero attached hydrogens (tertiary/aromatic N) is 4. The van der Waals surface area contributed by atoms with Crippen molar-refractivity contribution < 1.29 is 36.2 Å². The molecule has 3 N–H and O–H groups in total. The quantitative estimate of drug-likeness (QED) is 0.645. The highest BCUT2D eigenvalue weighted by Crippen LogP contribution is 2.33. The SMILES string of the molecule is Nc1nc(C(=O)NC(c2ccc(OC(F)F)cc2)C(F)(F)F)nc(N2CCOCC2)n1. The number of hydrogen-bond acceptors (Lipinski definition) is 8. The number of alkyl halides is 5. The van der Waals surface area contributed by atoms with E-state index in [0.29, 0.717) is 26.3 Å². The van der Waals surface area contributed by atoms with Crippen molar-refractivity contribution in [3.8, 4) is 5.75 Å². The smallest absolute Gasteiger partial charge is 0.412 e. The molecule has 0 radical (unpaired) electrons. The number of nitrogen functional groups attached to an aromatic ring is 1. The number of morpholine rings is 1. The zero-order chi connectivity index (χ0) is 22.6. The molecular formula is C17H17F5N6O3. The number of rotatable bonds is 6. The molecule has 2 aromatic rings. The maximum absolute atomic E-state index is 13.6. The van der Waals surface area contributed by atoms with Gasteiger partial charge in [0.2, 0.25) is 17.7 Å². The van der Waals surface area contributed by atoms with Gasteiger partial charge in [0, 0.05) is 13.1 Å². The fourth-order valence-electron chi connectivity index (χ4n) is 2.78. The van der Waals surface area contributed by atoms with Crippen molar-refractivity contribution >= 4 is 17.8 Å². The van der Waals surface area contributed by atoms with Crippen LogP contribution in [-0.4, -0.2) is 60.0 Å². The van der Waals surface area contributed by atoms with Crippen molar-refractivity contribution in [3.05, 3.63) is 35.7 Å². The number of anilines is 2. The lowest BCUT2D eigenvalue weighted by atomic mass is 10.1. The lowest BCUT2D eigenvalue weighted by Gasteiger charge is -2.27. The van der Waals surface area contributed by atoms with E-state index in [1.807, 2.05) is 0 Å². The molecule has 0 bridgehead atoms. The number of aromatic nitrogens is 3. The third kappa shape index (κ3) is 5.87. The number of benzene rings is 1. The highest BCUT2D eigenvalue weighted by molar-refractivity contribution is 5.91. The number of nitrogens with two attached hydrogens (primary N) is 1. The lowest BCUT2D eigenvalue weighted by molar-refractivity contribution is -0.155. The number of amides is 1. The number of carbonyl (C=O) groups is 1. The van der Waals surface area contributed by atoms with E-state index in [0.717, 1.165) is 24.3 Å². The molecule has 3 rings (SSSR count). The molecule has 1 aromatic heterocycles. The lowest BCUT2D eigenvalue weighted by Crippen LogP contribution is -2.40. The number of nitrogens with one attached hydrogen (secondary N) is 1. The van der Waals surface area contributed by atoms with Crippen LogP contribution in [-0.2, 0) is 4.74 Å². The Morgan fingerprint density at radius 2 is 1.77 bits per heavy atom. The van der Waals surface area contributed by atoms with E-state index < -0.39 is 36.1 Å². The minimum Gasteiger partial charge on any atom is -0.435 e. The first-order valence-electron chi connectivity index (χ1n) is 8.90. The summed E-state index contributed by atoms with van der Waals surface area (Å²) in [5, 5.41) is 1.80. The average molecular weight is 448 g/mol. The predicted octanol–water partition coefficient (Wildman–Crippen LogP) is 1.93. The van der Waals surface area contributed by atoms with Crippen molar-refractivity contribution in [1.29, 1.82) is 0 Å². The van der Waals surface area contributed by atoms with Crippen molar-refractivity contribution in [1.82, 2.24) is 20.3 Å². The maximum atomic E-state index is 13.6. The topological polar surface area (TPSA) is 115 Å². The molecule has 0 aliphatic carbocycles. The van der Waals surface area contributed by atoms with Crippen molar-refractivity contribution in [2.75, 3.05) is 36.9 Å². The van der Waals surface area contributed by atoms with Crippen LogP contribution in [0.3, 0.4) is 0 Å². The Bertz CT molecular complexity index is 906. The second kappa shape index (κ2) is 9.24. The normalized spacial score (nSPS) is 15.6. The minimum absolute atomic E-state index is 0.0398. The molecule has 14 heteroatoms. The monoisotopic (exact) mass is 448 g/mol. The van der Waals surface area contributed by atoms with Gasteiger partial charge in [-0.15, -0.1) is 0 Å². The molecule has 1 atom stereocenters. The van der Waals surface area contributed by atoms with Gasteiger partial charge < -0.3 is 25.4 Å². The first-order valence-corrected chi connectivity index (χ1v) is 8.90. The standard InChI is InChI=1S/C17H17F5N6O3/c18-14(19)31-10-3-1-9(2-4-10)11(17(20,21)22)24-13(29)12-25-15(23)27-16(26-12)28-5-7-30-8-6-28/h1-4,11,14H,5-8H2,(H,24,29)(H2,23,25,26,27). The van der Waals surface area contributed by atoms with Crippen LogP contribution in [0, 0.1) is 0 Å². The number of ether oxygens (including phenoxy) is 2. The molecule has 1 aromatic carbocycles. The van der Waals surface area contributed by atoms with Crippen LogP contribution < -0.4 is 20.7 Å². The summed E-state index contributed by atoms with van der Waals surface area (Å²) in [6.07, 6.45) is -4.90. The predicted molar refractivity (Wildman–Crippen MR) is 96.6 cm³/mol. The zero-order valence-electron chi connectivity index (χ0n) is 15.8. The van der Waals surface area contributed by atoms with Gasteiger partial charge in [-0.05, 0) is 17.7 Å². The van der Waals surface area contributed by atoms with Gasteiger partial charge in [0.15, 0.2) is 6.04 Å². The van der Waals surface area contributed by atoms with Gasteiger partial charge in [0.1, 0.15) is 5.75 Å². The number of halogens is 5. The largest absolute Gasteiger partial charge is 0.435 e. The highest BCUT2D eigenvalue weighted by Gasteiger charge is 2.42. The molecule has 1 amide bonds. The molecule has 2 heterocycles. The van der Waals surface area contributed by atoms with E-state index in [4.69, 9.17) is 10.5 Å². The summed E-state index contributed by atoms with van der Waals surface area (Å²) < 4.78 is 74.5. The number of hydrogen-bond donors (Lipinski definition) is 2. The van der Waals surface area contributed by atoms with E-state index in [-0.39, 0.29) is 17.6 Å². The Hall–Kier alpha value is -3.29. The van der Waals surface area contributed by atoms with Crippen LogP contribution in [0.2, 0.25) is 0 Å². The van der Waals surface area contributed by atoms with E-state index in [2.05, 4.69) is 19.7 Å². The summed E-state index contributed by atoms with van der Waals surface area (Å²) in [7, 11) is 0. The van der Waals surface area contributed by atoms with Crippen molar-refractivity contribution in [2.45, 2.75) is 18.8 Å². The Morgan fingerprint density at radius 1 is 1.13 bits per heavy atom. The molecule has 168 valence electrons. The fraction of sp³-hybridized carbons (Fsp3) is 0.412. The van der Waals surface area contributed by atoms with E-state index in [1.54, 1.807) is 10.2 Å². The molecule has 0 spiro atoms. The van der Waals surface area contributed by atoms with E-state index in [1.165, 1.54) is 0 Å². The summed E-state index contributed by atoms with van der Waals surface area (Å²) in [5.41, 5.74) is 5.19. The fourth-order valence-corrected chi connectivity index (χ4v) is 2.78. The van der Waals surface area contributed by atoms with Crippen molar-refractivity contribution in [2.24, 2.45) is 0 Å². The number of carbonyl (C=O) groups excluding carboxylic acids is 1. The summed E-state index contributed by atoms with van der Waals surface area (Å²) in [5.74, 6) is -2.46. The van der Waals surface area contributed by atoms with Gasteiger partial charge in [0.05, 0.1) is 13.2 Å². The minimum atomic E-state index is -4.90. The van der Waals surface area contributed by atoms with Crippen LogP contribution in [0.5, 0.6) is 5.75 Å². The van der Waals surface area contributed by atoms with Gasteiger partial charge in [-0.1, -0.05) is 12.1 Å². The van der Waals surface area contributed by atoms with Crippen LogP contribution in [0.25, 0.3) is 0 Å². The molecule has 0 saturated carbocycles. The second-order valence-corrected chi connectivity index (χ2v) is 6.31. The van der Waals surface area contributed by atoms with Crippen LogP contribution in [0.4, 0.5) is 33.8 Å². The Morgan fingerprint density at radius 3 is 2.35 bits per heavy atom. The first kappa shape index (κ1) is 22.4. The van der Waals surface area contributed by atoms with Crippen LogP contribution in [0.15, 0.2) is 24.3 Å². The summed E-state index contributed by atoms with van der Waals surface area (Å²) in [6.45, 7) is -1.55. The molecule has 1 unspecified atom stereocenters. The van der Waals surface area contributed by atoms with Crippen molar-refractivity contribution in [3.63, 3.8) is 0 Å². The summed E-state index contributed by atoms with van der Waals surface area (Å²) in [4.78, 5) is 25.6. The molecule has 1 aliphatic heterocycles. The van der Waals surface area contributed by atoms with Crippen LogP contribution >= 0.6 is 0 Å². The first-order chi connectivity index (χ1) is 14.6. The van der Waals surface area contributed by atoms with E-state index in [9.17, 15) is 26.7 Å². The second-order valence-electron chi connectivity index (χ2n) is 6.31. The Labute approximate surface area is 172 Å². The van der Waals surface area contributed by atoms with Crippen LogP contribution in [0.1, 0.15) is 22.2 Å².